The maximum Gasteiger partial charge on any atom is 0.306 e. The molecular weight excluding hydrogens is 1010 g/mol. The number of esters is 3. The molecule has 1 unspecified atom stereocenters. The molecule has 0 bridgehead atoms. The zero-order valence-electron chi connectivity index (χ0n) is 53.2. The molecule has 6 heteroatoms. The van der Waals surface area contributed by atoms with E-state index >= 15 is 0 Å². The van der Waals surface area contributed by atoms with Gasteiger partial charge in [0.2, 0.25) is 0 Å². The molecule has 0 aliphatic heterocycles. The molecule has 0 aromatic heterocycles. The SMILES string of the molecule is CC/C=C\C/C=C\C/C=C\C/C=C\C/C=C\C/C=C\CCCCCCCCCCCCCCC(=O)OCC(COC(=O)CCCCCCC/C=C\C/C=C\CCCC)OC(=O)CCCCCCCC/C=C\C/C=C\C/C=C\C/C=C\CC. The predicted octanol–water partition coefficient (Wildman–Crippen LogP) is 23.5. The van der Waals surface area contributed by atoms with Crippen LogP contribution in [0, 0.1) is 0 Å². The standard InChI is InChI=1S/C76H124O6/c1-4-7-10-13-16-19-22-25-28-30-32-33-34-35-36-37-38-39-40-41-42-43-45-46-48-51-54-57-60-63-66-69-75(78)81-72-73(71-80-74(77)68-65-62-59-56-53-50-27-24-21-18-15-12-9-6-3)82-76(79)70-67-64-61-58-55-52-49-47-44-31-29-26-23-20-17-14-11-8-5-2/h7-8,10-11,15-20,24-29,32-33,35-36,38-39,44,47,73H,4-6,9,12-14,21-23,30-31,34,37,40-43,45-46,48-72H2,1-3H3/b10-7-,11-8-,18-15-,19-16-,20-17-,27-24-,28-25-,29-26-,33-32-,36-35-,39-38-,47-44-. The normalized spacial score (nSPS) is 13.1. The summed E-state index contributed by atoms with van der Waals surface area (Å²) >= 11 is 0. The smallest absolute Gasteiger partial charge is 0.306 e. The van der Waals surface area contributed by atoms with E-state index in [2.05, 4.69) is 167 Å². The van der Waals surface area contributed by atoms with E-state index in [4.69, 9.17) is 14.2 Å². The molecular formula is C76H124O6. The van der Waals surface area contributed by atoms with Crippen LogP contribution in [0.3, 0.4) is 0 Å². The van der Waals surface area contributed by atoms with Crippen molar-refractivity contribution in [1.29, 1.82) is 0 Å². The fraction of sp³-hybridized carbons (Fsp3) is 0.645. The van der Waals surface area contributed by atoms with Gasteiger partial charge in [-0.2, -0.15) is 0 Å². The maximum atomic E-state index is 12.9. The van der Waals surface area contributed by atoms with E-state index in [1.165, 1.54) is 96.3 Å². The second-order valence-electron chi connectivity index (χ2n) is 22.0. The van der Waals surface area contributed by atoms with Gasteiger partial charge in [-0.1, -0.05) is 289 Å². The van der Waals surface area contributed by atoms with Crippen molar-refractivity contribution in [1.82, 2.24) is 0 Å². The average Bonchev–Trinajstić information content (AvgIpc) is 3.47. The third-order valence-corrected chi connectivity index (χ3v) is 14.1. The summed E-state index contributed by atoms with van der Waals surface area (Å²) in [5.74, 6) is -0.920. The molecule has 6 nitrogen and oxygen atoms in total. The molecule has 1 atom stereocenters. The van der Waals surface area contributed by atoms with Gasteiger partial charge >= 0.3 is 17.9 Å². The summed E-state index contributed by atoms with van der Waals surface area (Å²) in [6.45, 7) is 6.36. The molecule has 0 spiro atoms. The van der Waals surface area contributed by atoms with E-state index in [0.29, 0.717) is 19.3 Å². The first-order chi connectivity index (χ1) is 40.5. The lowest BCUT2D eigenvalue weighted by atomic mass is 10.0. The number of carbonyl (C=O) groups excluding carboxylic acids is 3. The zero-order valence-corrected chi connectivity index (χ0v) is 53.2. The van der Waals surface area contributed by atoms with Crippen molar-refractivity contribution < 1.29 is 28.6 Å². The van der Waals surface area contributed by atoms with Crippen LogP contribution in [0.15, 0.2) is 146 Å². The molecule has 0 heterocycles. The van der Waals surface area contributed by atoms with Gasteiger partial charge in [0.25, 0.3) is 0 Å². The minimum atomic E-state index is -0.799. The Morgan fingerprint density at radius 3 is 0.744 bits per heavy atom. The number of carbonyl (C=O) groups is 3. The van der Waals surface area contributed by atoms with Gasteiger partial charge in [0, 0.05) is 19.3 Å². The molecule has 0 rings (SSSR count). The monoisotopic (exact) mass is 1130 g/mol. The van der Waals surface area contributed by atoms with Gasteiger partial charge < -0.3 is 14.2 Å². The zero-order chi connectivity index (χ0) is 59.2. The summed E-state index contributed by atoms with van der Waals surface area (Å²) in [7, 11) is 0. The number of rotatable bonds is 60. The largest absolute Gasteiger partial charge is 0.462 e. The van der Waals surface area contributed by atoms with Crippen LogP contribution in [0.2, 0.25) is 0 Å². The summed E-state index contributed by atoms with van der Waals surface area (Å²) < 4.78 is 16.9. The predicted molar refractivity (Wildman–Crippen MR) is 357 cm³/mol. The van der Waals surface area contributed by atoms with Gasteiger partial charge in [0.1, 0.15) is 13.2 Å². The molecule has 0 aromatic carbocycles. The molecule has 0 aliphatic rings. The Morgan fingerprint density at radius 2 is 0.476 bits per heavy atom. The number of ether oxygens (including phenoxy) is 3. The van der Waals surface area contributed by atoms with Gasteiger partial charge in [-0.25, -0.2) is 0 Å². The molecule has 0 N–H and O–H groups in total. The Labute approximate surface area is 506 Å². The Morgan fingerprint density at radius 1 is 0.256 bits per heavy atom. The van der Waals surface area contributed by atoms with E-state index in [1.54, 1.807) is 0 Å². The van der Waals surface area contributed by atoms with Crippen LogP contribution < -0.4 is 0 Å². The van der Waals surface area contributed by atoms with Gasteiger partial charge in [0.05, 0.1) is 0 Å². The third kappa shape index (κ3) is 66.1. The molecule has 0 aliphatic carbocycles. The highest BCUT2D eigenvalue weighted by Gasteiger charge is 2.19. The van der Waals surface area contributed by atoms with Crippen molar-refractivity contribution in [2.75, 3.05) is 13.2 Å². The Bertz CT molecular complexity index is 1780. The summed E-state index contributed by atoms with van der Waals surface area (Å²) in [6, 6.07) is 0. The lowest BCUT2D eigenvalue weighted by Crippen LogP contribution is -2.30. The van der Waals surface area contributed by atoms with Crippen LogP contribution in [0.1, 0.15) is 297 Å². The van der Waals surface area contributed by atoms with E-state index in [-0.39, 0.29) is 31.1 Å². The topological polar surface area (TPSA) is 78.9 Å². The van der Waals surface area contributed by atoms with Crippen LogP contribution in [0.5, 0.6) is 0 Å². The minimum Gasteiger partial charge on any atom is -0.462 e. The second-order valence-corrected chi connectivity index (χ2v) is 22.0. The molecule has 0 aromatic rings. The molecule has 0 fully saturated rings. The van der Waals surface area contributed by atoms with Crippen LogP contribution in [-0.2, 0) is 28.6 Å². The van der Waals surface area contributed by atoms with Crippen molar-refractivity contribution in [3.63, 3.8) is 0 Å². The average molecular weight is 1130 g/mol. The maximum absolute atomic E-state index is 12.9. The van der Waals surface area contributed by atoms with Gasteiger partial charge in [-0.05, 0) is 135 Å². The Kier molecular flexibility index (Phi) is 64.8. The molecule has 0 amide bonds. The van der Waals surface area contributed by atoms with Crippen LogP contribution in [-0.4, -0.2) is 37.2 Å². The third-order valence-electron chi connectivity index (χ3n) is 14.1. The number of unbranched alkanes of at least 4 members (excludes halogenated alkanes) is 25. The fourth-order valence-electron chi connectivity index (χ4n) is 9.04. The Hall–Kier alpha value is -4.71. The summed E-state index contributed by atoms with van der Waals surface area (Å²) in [5.41, 5.74) is 0. The van der Waals surface area contributed by atoms with Gasteiger partial charge in [-0.15, -0.1) is 0 Å². The molecule has 0 saturated carbocycles. The molecule has 0 saturated heterocycles. The van der Waals surface area contributed by atoms with Crippen molar-refractivity contribution in [2.24, 2.45) is 0 Å². The molecule has 82 heavy (non-hydrogen) atoms. The van der Waals surface area contributed by atoms with Crippen LogP contribution in [0.25, 0.3) is 0 Å². The Balaban J connectivity index is 4.32. The van der Waals surface area contributed by atoms with E-state index in [1.807, 2.05) is 0 Å². The van der Waals surface area contributed by atoms with E-state index in [0.717, 1.165) is 161 Å². The number of hydrogen-bond acceptors (Lipinski definition) is 6. The molecule has 464 valence electrons. The highest BCUT2D eigenvalue weighted by atomic mass is 16.6. The highest BCUT2D eigenvalue weighted by molar-refractivity contribution is 5.71. The fourth-order valence-corrected chi connectivity index (χ4v) is 9.04. The lowest BCUT2D eigenvalue weighted by Gasteiger charge is -2.18. The van der Waals surface area contributed by atoms with Crippen molar-refractivity contribution in [2.45, 2.75) is 303 Å². The summed E-state index contributed by atoms with van der Waals surface area (Å²) in [5, 5.41) is 0. The van der Waals surface area contributed by atoms with Crippen LogP contribution in [0.4, 0.5) is 0 Å². The van der Waals surface area contributed by atoms with E-state index < -0.39 is 6.10 Å². The quantitative estimate of drug-likeness (QED) is 0.0261. The van der Waals surface area contributed by atoms with E-state index in [9.17, 15) is 14.4 Å². The summed E-state index contributed by atoms with van der Waals surface area (Å²) in [4.78, 5) is 38.4. The first-order valence-electron chi connectivity index (χ1n) is 33.8. The van der Waals surface area contributed by atoms with Crippen molar-refractivity contribution in [3.05, 3.63) is 146 Å². The first kappa shape index (κ1) is 77.3. The second kappa shape index (κ2) is 68.8. The van der Waals surface area contributed by atoms with Gasteiger partial charge in [0.15, 0.2) is 6.10 Å². The lowest BCUT2D eigenvalue weighted by molar-refractivity contribution is -0.167. The molecule has 0 radical (unpaired) electrons. The summed E-state index contributed by atoms with van der Waals surface area (Å²) in [6.07, 6.45) is 98.6. The van der Waals surface area contributed by atoms with Crippen molar-refractivity contribution in [3.8, 4) is 0 Å². The number of hydrogen-bond donors (Lipinski definition) is 0. The highest BCUT2D eigenvalue weighted by Crippen LogP contribution is 2.16. The van der Waals surface area contributed by atoms with Gasteiger partial charge in [-0.3, -0.25) is 14.4 Å². The van der Waals surface area contributed by atoms with Crippen molar-refractivity contribution >= 4 is 17.9 Å². The first-order valence-corrected chi connectivity index (χ1v) is 33.8. The number of allylic oxidation sites excluding steroid dienone is 24. The minimum absolute atomic E-state index is 0.0931. The van der Waals surface area contributed by atoms with Crippen LogP contribution >= 0.6 is 0 Å².